The molecule has 2 rings (SSSR count). The van der Waals surface area contributed by atoms with Crippen molar-refractivity contribution in [1.29, 1.82) is 0 Å². The second-order valence-electron chi connectivity index (χ2n) is 11.9. The van der Waals surface area contributed by atoms with Crippen LogP contribution >= 0.6 is 23.5 Å². The maximum absolute atomic E-state index is 12.4. The molecule has 5 heteroatoms. The molecule has 0 aromatic heterocycles. The number of nitrogens with zero attached hydrogens (tertiary/aromatic N) is 1. The molecule has 1 aliphatic rings. The summed E-state index contributed by atoms with van der Waals surface area (Å²) in [5.74, 6) is 0.786. The van der Waals surface area contributed by atoms with E-state index in [0.717, 1.165) is 25.9 Å². The Bertz CT molecular complexity index is 717. The molecule has 1 fully saturated rings. The van der Waals surface area contributed by atoms with Crippen molar-refractivity contribution in [2.75, 3.05) is 32.9 Å². The van der Waals surface area contributed by atoms with Gasteiger partial charge in [0.15, 0.2) is 0 Å². The fourth-order valence-corrected chi connectivity index (χ4v) is 6.98. The second-order valence-corrected chi connectivity index (χ2v) is 14.4. The summed E-state index contributed by atoms with van der Waals surface area (Å²) >= 11 is 3.93. The smallest absolute Gasteiger partial charge is 0.230 e. The number of carbonyl (C=O) groups is 1. The Labute approximate surface area is 212 Å². The molecule has 0 heterocycles. The van der Waals surface area contributed by atoms with E-state index in [0.29, 0.717) is 16.3 Å². The quantitative estimate of drug-likeness (QED) is 0.361. The van der Waals surface area contributed by atoms with E-state index in [4.69, 9.17) is 0 Å². The Morgan fingerprint density at radius 2 is 1.52 bits per heavy atom. The Morgan fingerprint density at radius 3 is 2.06 bits per heavy atom. The molecule has 1 saturated carbocycles. The summed E-state index contributed by atoms with van der Waals surface area (Å²) in [6, 6.07) is 7.23. The minimum atomic E-state index is 0.141. The fourth-order valence-electron chi connectivity index (χ4n) is 4.11. The summed E-state index contributed by atoms with van der Waals surface area (Å²) in [5.41, 5.74) is 3.13. The maximum Gasteiger partial charge on any atom is 0.230 e. The summed E-state index contributed by atoms with van der Waals surface area (Å²) < 4.78 is 0. The van der Waals surface area contributed by atoms with E-state index in [1.54, 1.807) is 0 Å². The number of benzene rings is 1. The van der Waals surface area contributed by atoms with Gasteiger partial charge in [0.2, 0.25) is 5.91 Å². The number of rotatable bonds is 10. The molecule has 0 aliphatic heterocycles. The molecule has 0 radical (unpaired) electrons. The maximum atomic E-state index is 12.4. The minimum Gasteiger partial charge on any atom is -0.355 e. The average molecular weight is 493 g/mol. The molecule has 3 nitrogen and oxygen atoms in total. The van der Waals surface area contributed by atoms with Crippen LogP contribution < -0.4 is 5.32 Å². The van der Waals surface area contributed by atoms with Crippen molar-refractivity contribution in [1.82, 2.24) is 10.2 Å². The molecular formula is C28H48N2OS2. The van der Waals surface area contributed by atoms with Crippen molar-refractivity contribution in [3.8, 4) is 0 Å². The van der Waals surface area contributed by atoms with Crippen LogP contribution in [0.25, 0.3) is 0 Å². The van der Waals surface area contributed by atoms with Crippen molar-refractivity contribution in [3.05, 3.63) is 29.3 Å². The zero-order valence-electron chi connectivity index (χ0n) is 22.4. The van der Waals surface area contributed by atoms with Crippen LogP contribution in [-0.2, 0) is 15.6 Å². The van der Waals surface area contributed by atoms with E-state index in [2.05, 4.69) is 95.8 Å². The van der Waals surface area contributed by atoms with Crippen LogP contribution in [0.2, 0.25) is 0 Å². The van der Waals surface area contributed by atoms with Gasteiger partial charge in [-0.25, -0.2) is 0 Å². The minimum absolute atomic E-state index is 0.141. The molecule has 0 saturated heterocycles. The third-order valence-corrected chi connectivity index (χ3v) is 9.32. The normalized spacial score (nSPS) is 19.7. The Hall–Kier alpha value is -0.650. The molecule has 33 heavy (non-hydrogen) atoms. The lowest BCUT2D eigenvalue weighted by atomic mass is 9.81. The van der Waals surface area contributed by atoms with Crippen molar-refractivity contribution in [2.24, 2.45) is 0 Å². The van der Waals surface area contributed by atoms with E-state index in [-0.39, 0.29) is 16.7 Å². The van der Waals surface area contributed by atoms with Crippen LogP contribution in [0, 0.1) is 0 Å². The molecule has 0 spiro atoms. The highest BCUT2D eigenvalue weighted by Crippen LogP contribution is 2.41. The van der Waals surface area contributed by atoms with Gasteiger partial charge in [-0.15, -0.1) is 23.5 Å². The van der Waals surface area contributed by atoms with Crippen molar-refractivity contribution in [2.45, 2.75) is 106 Å². The van der Waals surface area contributed by atoms with Crippen molar-refractivity contribution < 1.29 is 4.79 Å². The van der Waals surface area contributed by atoms with Gasteiger partial charge in [-0.3, -0.25) is 4.79 Å². The summed E-state index contributed by atoms with van der Waals surface area (Å²) in [7, 11) is 4.19. The number of thioether (sulfide) groups is 2. The lowest BCUT2D eigenvalue weighted by Crippen LogP contribution is -2.30. The highest BCUT2D eigenvalue weighted by atomic mass is 32.2. The first-order valence-corrected chi connectivity index (χ1v) is 14.6. The highest BCUT2D eigenvalue weighted by Gasteiger charge is 2.28. The first kappa shape index (κ1) is 28.6. The van der Waals surface area contributed by atoms with Gasteiger partial charge in [-0.2, -0.15) is 0 Å². The van der Waals surface area contributed by atoms with E-state index in [9.17, 15) is 4.79 Å². The van der Waals surface area contributed by atoms with Crippen LogP contribution in [0.5, 0.6) is 0 Å². The molecule has 2 atom stereocenters. The lowest BCUT2D eigenvalue weighted by Gasteiger charge is -2.32. The molecule has 0 unspecified atom stereocenters. The standard InChI is InChI=1S/C28H48N2OS2/c1-27(2,3)21-17-22(28(4,5)6)19-23(18-21)33-25-14-10-9-13-24(25)32-20-26(31)29-15-11-12-16-30(7)8/h17-19,24-25H,9-16,20H2,1-8H3,(H,29,31)/t24-,25-/m1/s1. The van der Waals surface area contributed by atoms with Crippen LogP contribution in [0.3, 0.4) is 0 Å². The van der Waals surface area contributed by atoms with E-state index < -0.39 is 0 Å². The lowest BCUT2D eigenvalue weighted by molar-refractivity contribution is -0.118. The summed E-state index contributed by atoms with van der Waals surface area (Å²) in [4.78, 5) is 16.0. The van der Waals surface area contributed by atoms with Crippen molar-refractivity contribution in [3.63, 3.8) is 0 Å². The molecule has 1 aromatic carbocycles. The number of hydrogen-bond donors (Lipinski definition) is 1. The predicted molar refractivity (Wildman–Crippen MR) is 149 cm³/mol. The molecular weight excluding hydrogens is 444 g/mol. The van der Waals surface area contributed by atoms with E-state index >= 15 is 0 Å². The fraction of sp³-hybridized carbons (Fsp3) is 0.750. The topological polar surface area (TPSA) is 32.3 Å². The van der Waals surface area contributed by atoms with Gasteiger partial charge in [0.25, 0.3) is 0 Å². The van der Waals surface area contributed by atoms with Crippen molar-refractivity contribution >= 4 is 29.4 Å². The largest absolute Gasteiger partial charge is 0.355 e. The molecule has 188 valence electrons. The molecule has 1 aliphatic carbocycles. The van der Waals surface area contributed by atoms with Gasteiger partial charge in [0.05, 0.1) is 5.75 Å². The second kappa shape index (κ2) is 12.9. The SMILES string of the molecule is CN(C)CCCCNC(=O)CS[C@@H]1CCCC[C@H]1Sc1cc(C(C)(C)C)cc(C(C)(C)C)c1. The number of carbonyl (C=O) groups excluding carboxylic acids is 1. The molecule has 1 amide bonds. The van der Waals surface area contributed by atoms with Gasteiger partial charge in [0, 0.05) is 21.9 Å². The van der Waals surface area contributed by atoms with Crippen LogP contribution in [0.4, 0.5) is 0 Å². The van der Waals surface area contributed by atoms with Crippen LogP contribution in [0.1, 0.15) is 91.2 Å². The van der Waals surface area contributed by atoms with Crippen LogP contribution in [-0.4, -0.2) is 54.2 Å². The molecule has 0 bridgehead atoms. The highest BCUT2D eigenvalue weighted by molar-refractivity contribution is 8.04. The number of amides is 1. The van der Waals surface area contributed by atoms with Gasteiger partial charge < -0.3 is 10.2 Å². The van der Waals surface area contributed by atoms with E-state index in [1.807, 2.05) is 11.8 Å². The van der Waals surface area contributed by atoms with Gasteiger partial charge in [-0.1, -0.05) is 60.5 Å². The molecule has 1 aromatic rings. The van der Waals surface area contributed by atoms with Gasteiger partial charge in [-0.05, 0) is 80.4 Å². The van der Waals surface area contributed by atoms with Gasteiger partial charge in [0.1, 0.15) is 0 Å². The number of nitrogens with one attached hydrogen (secondary N) is 1. The number of hydrogen-bond acceptors (Lipinski definition) is 4. The number of unbranched alkanes of at least 4 members (excludes halogenated alkanes) is 1. The Balaban J connectivity index is 1.98. The monoisotopic (exact) mass is 492 g/mol. The summed E-state index contributed by atoms with van der Waals surface area (Å²) in [6.45, 7) is 15.7. The third-order valence-electron chi connectivity index (χ3n) is 6.35. The Morgan fingerprint density at radius 1 is 0.939 bits per heavy atom. The summed E-state index contributed by atoms with van der Waals surface area (Å²) in [6.07, 6.45) is 7.25. The Kier molecular flexibility index (Phi) is 11.2. The van der Waals surface area contributed by atoms with Crippen LogP contribution in [0.15, 0.2) is 23.1 Å². The zero-order valence-corrected chi connectivity index (χ0v) is 24.1. The third kappa shape index (κ3) is 10.2. The first-order valence-electron chi connectivity index (χ1n) is 12.7. The van der Waals surface area contributed by atoms with Gasteiger partial charge >= 0.3 is 0 Å². The average Bonchev–Trinajstić information content (AvgIpc) is 2.71. The summed E-state index contributed by atoms with van der Waals surface area (Å²) in [5, 5.41) is 4.26. The first-order chi connectivity index (χ1) is 15.4. The zero-order chi connectivity index (χ0) is 24.6. The van der Waals surface area contributed by atoms with E-state index in [1.165, 1.54) is 41.7 Å². The predicted octanol–water partition coefficient (Wildman–Crippen LogP) is 6.88. The molecule has 1 N–H and O–H groups in total.